The highest BCUT2D eigenvalue weighted by Gasteiger charge is 2.38. The van der Waals surface area contributed by atoms with Gasteiger partial charge in [0.2, 0.25) is 0 Å². The Hall–Kier alpha value is -7.22. The van der Waals surface area contributed by atoms with Crippen molar-refractivity contribution in [2.24, 2.45) is 0 Å². The van der Waals surface area contributed by atoms with Crippen LogP contribution in [0, 0.1) is 0 Å². The second-order valence-corrected chi connectivity index (χ2v) is 25.2. The van der Waals surface area contributed by atoms with Gasteiger partial charge in [-0.05, 0) is 177 Å². The summed E-state index contributed by atoms with van der Waals surface area (Å²) in [6.45, 7) is 30.4. The molecule has 0 fully saturated rings. The minimum absolute atomic E-state index is 0.0680. The average Bonchev–Trinajstić information content (AvgIpc) is 3.74. The first-order chi connectivity index (χ1) is 34.6. The first kappa shape index (κ1) is 48.1. The van der Waals surface area contributed by atoms with Crippen LogP contribution in [0.4, 0.5) is 17.1 Å². The summed E-state index contributed by atoms with van der Waals surface area (Å²) in [4.78, 5) is 2.45. The van der Waals surface area contributed by atoms with Crippen LogP contribution in [0.15, 0.2) is 194 Å². The molecule has 0 amide bonds. The smallest absolute Gasteiger partial charge is 0.0473 e. The van der Waals surface area contributed by atoms with Gasteiger partial charge >= 0.3 is 0 Å². The number of fused-ring (bicyclic) bond motifs is 6. The lowest BCUT2D eigenvalue weighted by Crippen LogP contribution is -2.17. The highest BCUT2D eigenvalue weighted by molar-refractivity contribution is 5.90. The van der Waals surface area contributed by atoms with Crippen LogP contribution in [0.5, 0.6) is 0 Å². The average molecular weight is 950 g/mol. The van der Waals surface area contributed by atoms with Crippen molar-refractivity contribution in [3.63, 3.8) is 0 Å². The van der Waals surface area contributed by atoms with Gasteiger partial charge in [0.1, 0.15) is 0 Å². The topological polar surface area (TPSA) is 3.24 Å². The fourth-order valence-corrected chi connectivity index (χ4v) is 11.7. The van der Waals surface area contributed by atoms with E-state index in [2.05, 4.69) is 289 Å². The summed E-state index contributed by atoms with van der Waals surface area (Å²) in [6.07, 6.45) is 0. The van der Waals surface area contributed by atoms with Crippen LogP contribution in [0.2, 0.25) is 0 Å². The zero-order valence-electron chi connectivity index (χ0n) is 45.4. The van der Waals surface area contributed by atoms with E-state index in [1.54, 1.807) is 0 Å². The van der Waals surface area contributed by atoms with Crippen LogP contribution in [-0.2, 0) is 27.1 Å². The van der Waals surface area contributed by atoms with Crippen LogP contribution < -0.4 is 4.90 Å². The lowest BCUT2D eigenvalue weighted by molar-refractivity contribution is 0.584. The highest BCUT2D eigenvalue weighted by atomic mass is 15.1. The van der Waals surface area contributed by atoms with E-state index in [9.17, 15) is 0 Å². The van der Waals surface area contributed by atoms with Crippen molar-refractivity contribution in [1.82, 2.24) is 0 Å². The predicted octanol–water partition coefficient (Wildman–Crippen LogP) is 20.3. The Bertz CT molecular complexity index is 3420. The monoisotopic (exact) mass is 950 g/mol. The molecule has 0 bridgehead atoms. The number of benzene rings is 9. The minimum Gasteiger partial charge on any atom is -0.310 e. The van der Waals surface area contributed by atoms with Crippen molar-refractivity contribution in [3.05, 3.63) is 233 Å². The second kappa shape index (κ2) is 17.2. The molecule has 0 heterocycles. The Kier molecular flexibility index (Phi) is 11.3. The lowest BCUT2D eigenvalue weighted by Gasteiger charge is -2.28. The van der Waals surface area contributed by atoms with Gasteiger partial charge in [0.15, 0.2) is 0 Å². The fourth-order valence-electron chi connectivity index (χ4n) is 11.7. The molecule has 0 N–H and O–H groups in total. The largest absolute Gasteiger partial charge is 0.310 e. The molecule has 1 heteroatoms. The quantitative estimate of drug-likeness (QED) is 0.154. The van der Waals surface area contributed by atoms with Gasteiger partial charge in [-0.2, -0.15) is 0 Å². The van der Waals surface area contributed by atoms with Crippen LogP contribution in [0.1, 0.15) is 129 Å². The van der Waals surface area contributed by atoms with Crippen molar-refractivity contribution in [3.8, 4) is 66.8 Å². The number of nitrogens with zero attached hydrogens (tertiary/aromatic N) is 1. The van der Waals surface area contributed by atoms with E-state index < -0.39 is 0 Å². The fraction of sp³-hybridized carbons (Fsp3) is 0.250. The zero-order chi connectivity index (χ0) is 51.4. The molecule has 364 valence electrons. The molecular formula is C72H71N. The standard InChI is InChI=1S/C72H71N/c1-68(2,3)54-27-19-47(20-28-54)49-23-33-58(34-24-49)73(57-31-21-48(22-32-57)46-17-15-14-16-18-46)59-40-52(50-25-35-60-62-37-29-55(69(4,5)6)44-66(62)71(10,11)64(60)42-50)39-53(41-59)51-26-36-61-63-38-30-56(70(7,8)9)45-67(63)72(12,13)65(61)43-51/h14-45H,1-13H3. The van der Waals surface area contributed by atoms with Gasteiger partial charge in [-0.25, -0.2) is 0 Å². The van der Waals surface area contributed by atoms with Crippen LogP contribution in [-0.4, -0.2) is 0 Å². The predicted molar refractivity (Wildman–Crippen MR) is 314 cm³/mol. The molecule has 73 heavy (non-hydrogen) atoms. The van der Waals surface area contributed by atoms with Gasteiger partial charge in [-0.1, -0.05) is 230 Å². The molecule has 0 spiro atoms. The van der Waals surface area contributed by atoms with E-state index in [0.717, 1.165) is 17.1 Å². The molecule has 0 atom stereocenters. The third-order valence-electron chi connectivity index (χ3n) is 16.4. The molecule has 0 radical (unpaired) electrons. The van der Waals surface area contributed by atoms with E-state index >= 15 is 0 Å². The normalized spacial score (nSPS) is 14.3. The van der Waals surface area contributed by atoms with E-state index in [0.29, 0.717) is 0 Å². The van der Waals surface area contributed by atoms with Crippen molar-refractivity contribution in [1.29, 1.82) is 0 Å². The molecule has 0 saturated heterocycles. The van der Waals surface area contributed by atoms with Gasteiger partial charge in [0.25, 0.3) is 0 Å². The Morgan fingerprint density at radius 3 is 0.959 bits per heavy atom. The van der Waals surface area contributed by atoms with Crippen LogP contribution in [0.25, 0.3) is 66.8 Å². The number of rotatable bonds is 7. The summed E-state index contributed by atoms with van der Waals surface area (Å²) in [5.74, 6) is 0. The SMILES string of the molecule is CC(C)(C)c1ccc(-c2ccc(N(c3ccc(-c4ccccc4)cc3)c3cc(-c4ccc5c(c4)C(C)(C)c4cc(C(C)(C)C)ccc4-5)cc(-c4ccc5c(c4)C(C)(C)c4cc(C(C)(C)C)ccc4-5)c3)cc2)cc1. The first-order valence-electron chi connectivity index (χ1n) is 26.5. The van der Waals surface area contributed by atoms with Crippen molar-refractivity contribution < 1.29 is 0 Å². The van der Waals surface area contributed by atoms with Crippen LogP contribution in [0.3, 0.4) is 0 Å². The van der Waals surface area contributed by atoms with E-state index in [1.165, 1.54) is 106 Å². The molecule has 9 aromatic carbocycles. The maximum Gasteiger partial charge on any atom is 0.0473 e. The van der Waals surface area contributed by atoms with E-state index in [4.69, 9.17) is 0 Å². The van der Waals surface area contributed by atoms with E-state index in [1.807, 2.05) is 0 Å². The van der Waals surface area contributed by atoms with Crippen molar-refractivity contribution >= 4 is 17.1 Å². The van der Waals surface area contributed by atoms with Gasteiger partial charge in [0.05, 0.1) is 0 Å². The summed E-state index contributed by atoms with van der Waals surface area (Å²) in [5, 5.41) is 0. The number of hydrogen-bond donors (Lipinski definition) is 0. The van der Waals surface area contributed by atoms with Crippen LogP contribution >= 0.6 is 0 Å². The summed E-state index contributed by atoms with van der Waals surface area (Å²) < 4.78 is 0. The Morgan fingerprint density at radius 1 is 0.260 bits per heavy atom. The second-order valence-electron chi connectivity index (χ2n) is 25.2. The maximum atomic E-state index is 2.49. The molecule has 0 aliphatic heterocycles. The molecule has 1 nitrogen and oxygen atoms in total. The summed E-state index contributed by atoms with van der Waals surface area (Å²) in [5.41, 5.74) is 27.9. The zero-order valence-corrected chi connectivity index (χ0v) is 45.4. The summed E-state index contributed by atoms with van der Waals surface area (Å²) >= 11 is 0. The maximum absolute atomic E-state index is 2.49. The van der Waals surface area contributed by atoms with Gasteiger partial charge in [0, 0.05) is 27.9 Å². The third-order valence-corrected chi connectivity index (χ3v) is 16.4. The summed E-state index contributed by atoms with van der Waals surface area (Å²) in [7, 11) is 0. The molecule has 9 aromatic rings. The summed E-state index contributed by atoms with van der Waals surface area (Å²) in [6, 6.07) is 74.2. The molecular weight excluding hydrogens is 879 g/mol. The lowest BCUT2D eigenvalue weighted by atomic mass is 9.78. The van der Waals surface area contributed by atoms with Gasteiger partial charge < -0.3 is 4.90 Å². The van der Waals surface area contributed by atoms with Crippen molar-refractivity contribution in [2.45, 2.75) is 117 Å². The molecule has 2 aliphatic rings. The number of anilines is 3. The molecule has 0 saturated carbocycles. The Labute approximate surface area is 436 Å². The molecule has 0 unspecified atom stereocenters. The third kappa shape index (κ3) is 8.55. The Balaban J connectivity index is 1.09. The number of hydrogen-bond acceptors (Lipinski definition) is 1. The van der Waals surface area contributed by atoms with Gasteiger partial charge in [-0.3, -0.25) is 0 Å². The van der Waals surface area contributed by atoms with E-state index in [-0.39, 0.29) is 27.1 Å². The molecule has 2 aliphatic carbocycles. The molecule has 0 aromatic heterocycles. The van der Waals surface area contributed by atoms with Gasteiger partial charge in [-0.15, -0.1) is 0 Å². The van der Waals surface area contributed by atoms with Crippen molar-refractivity contribution in [2.75, 3.05) is 4.90 Å². The first-order valence-corrected chi connectivity index (χ1v) is 26.5. The Morgan fingerprint density at radius 2 is 0.575 bits per heavy atom. The highest BCUT2D eigenvalue weighted by Crippen LogP contribution is 2.53. The minimum atomic E-state index is -0.156. The molecule has 11 rings (SSSR count).